The van der Waals surface area contributed by atoms with Gasteiger partial charge in [0, 0.05) is 11.3 Å². The summed E-state index contributed by atoms with van der Waals surface area (Å²) in [6.07, 6.45) is 5.26. The zero-order valence-corrected chi connectivity index (χ0v) is 10.8. The zero-order chi connectivity index (χ0) is 13.3. The Kier molecular flexibility index (Phi) is 3.79. The van der Waals surface area contributed by atoms with Crippen molar-refractivity contribution < 1.29 is 9.50 Å². The maximum atomic E-state index is 13.3. The molecule has 0 radical (unpaired) electrons. The fraction of sp³-hybridized carbons (Fsp3) is 0.636. The van der Waals surface area contributed by atoms with Crippen molar-refractivity contribution in [2.75, 3.05) is 6.26 Å². The number of nitrogens with one attached hydrogen (secondary N) is 1. The van der Waals surface area contributed by atoms with Crippen LogP contribution in [0.25, 0.3) is 0 Å². The third-order valence-electron chi connectivity index (χ3n) is 3.41. The van der Waals surface area contributed by atoms with E-state index in [4.69, 9.17) is 0 Å². The summed E-state index contributed by atoms with van der Waals surface area (Å²) in [7, 11) is 0. The quantitative estimate of drug-likeness (QED) is 0.850. The smallest absolute Gasteiger partial charge is 0.331 e. The summed E-state index contributed by atoms with van der Waals surface area (Å²) in [5.74, 6) is -2.14. The molecule has 1 saturated carbocycles. The van der Waals surface area contributed by atoms with Gasteiger partial charge in [-0.1, -0.05) is 0 Å². The Morgan fingerprint density at radius 3 is 2.50 bits per heavy atom. The van der Waals surface area contributed by atoms with Gasteiger partial charge in [-0.3, -0.25) is 14.3 Å². The number of aromatic nitrogens is 2. The largest absolute Gasteiger partial charge is 0.492 e. The molecule has 0 bridgehead atoms. The lowest BCUT2D eigenvalue weighted by Gasteiger charge is -2.28. The summed E-state index contributed by atoms with van der Waals surface area (Å²) >= 11 is 1.78. The summed E-state index contributed by atoms with van der Waals surface area (Å²) in [4.78, 5) is 24.5. The van der Waals surface area contributed by atoms with Gasteiger partial charge in [-0.05, 0) is 31.9 Å². The Labute approximate surface area is 107 Å². The van der Waals surface area contributed by atoms with E-state index in [9.17, 15) is 19.1 Å². The Bertz CT molecular complexity index is 546. The van der Waals surface area contributed by atoms with Gasteiger partial charge in [0.15, 0.2) is 0 Å². The molecule has 18 heavy (non-hydrogen) atoms. The predicted molar refractivity (Wildman–Crippen MR) is 67.8 cm³/mol. The molecular formula is C11H15FN2O3S. The van der Waals surface area contributed by atoms with Crippen LogP contribution in [0.2, 0.25) is 0 Å². The van der Waals surface area contributed by atoms with Crippen LogP contribution in [0.15, 0.2) is 9.59 Å². The highest BCUT2D eigenvalue weighted by molar-refractivity contribution is 7.99. The van der Waals surface area contributed by atoms with E-state index >= 15 is 0 Å². The first-order chi connectivity index (χ1) is 8.54. The number of aromatic amines is 1. The lowest BCUT2D eigenvalue weighted by molar-refractivity contribution is 0.286. The third kappa shape index (κ3) is 2.31. The highest BCUT2D eigenvalue weighted by Crippen LogP contribution is 2.34. The second-order valence-corrected chi connectivity index (χ2v) is 5.57. The maximum Gasteiger partial charge on any atom is 0.331 e. The molecule has 100 valence electrons. The molecule has 1 aromatic heterocycles. The zero-order valence-electron chi connectivity index (χ0n) is 9.98. The number of hydrogen-bond donors (Lipinski definition) is 2. The maximum absolute atomic E-state index is 13.3. The summed E-state index contributed by atoms with van der Waals surface area (Å²) in [5, 5.41) is 10.1. The molecule has 0 aliphatic heterocycles. The van der Waals surface area contributed by atoms with E-state index in [0.29, 0.717) is 18.1 Å². The van der Waals surface area contributed by atoms with E-state index in [-0.39, 0.29) is 6.04 Å². The van der Waals surface area contributed by atoms with Gasteiger partial charge in [0.1, 0.15) is 0 Å². The average Bonchev–Trinajstić information content (AvgIpc) is 2.37. The number of thioether (sulfide) groups is 1. The summed E-state index contributed by atoms with van der Waals surface area (Å²) < 4.78 is 14.3. The lowest BCUT2D eigenvalue weighted by Crippen LogP contribution is -2.35. The second-order valence-electron chi connectivity index (χ2n) is 4.43. The molecule has 0 atom stereocenters. The predicted octanol–water partition coefficient (Wildman–Crippen LogP) is 1.23. The Hall–Kier alpha value is -1.24. The number of aromatic hydroxyl groups is 1. The van der Waals surface area contributed by atoms with Crippen LogP contribution in [-0.4, -0.2) is 26.2 Å². The number of rotatable bonds is 2. The fourth-order valence-corrected chi connectivity index (χ4v) is 3.14. The molecule has 0 amide bonds. The molecule has 7 heteroatoms. The molecule has 1 heterocycles. The van der Waals surface area contributed by atoms with Crippen molar-refractivity contribution >= 4 is 11.8 Å². The molecular weight excluding hydrogens is 259 g/mol. The fourth-order valence-electron chi connectivity index (χ4n) is 2.39. The standard InChI is InChI=1S/C11H15FN2O3S/c1-18-7-4-2-6(3-5-7)14-10(16)8(12)9(15)13-11(14)17/h6-7,16H,2-5H2,1H3,(H,13,15,17). The minimum atomic E-state index is -1.29. The number of halogens is 1. The molecule has 0 spiro atoms. The van der Waals surface area contributed by atoms with Gasteiger partial charge in [0.05, 0.1) is 0 Å². The third-order valence-corrected chi connectivity index (χ3v) is 4.54. The highest BCUT2D eigenvalue weighted by atomic mass is 32.2. The van der Waals surface area contributed by atoms with E-state index in [1.807, 2.05) is 11.2 Å². The highest BCUT2D eigenvalue weighted by Gasteiger charge is 2.26. The minimum absolute atomic E-state index is 0.243. The topological polar surface area (TPSA) is 75.1 Å². The van der Waals surface area contributed by atoms with Crippen molar-refractivity contribution in [1.29, 1.82) is 0 Å². The van der Waals surface area contributed by atoms with Crippen molar-refractivity contribution in [3.05, 3.63) is 26.7 Å². The van der Waals surface area contributed by atoms with Crippen LogP contribution < -0.4 is 11.2 Å². The van der Waals surface area contributed by atoms with Gasteiger partial charge < -0.3 is 5.11 Å². The lowest BCUT2D eigenvalue weighted by atomic mass is 9.95. The van der Waals surface area contributed by atoms with Crippen LogP contribution in [-0.2, 0) is 0 Å². The van der Waals surface area contributed by atoms with Crippen molar-refractivity contribution in [3.8, 4) is 5.88 Å². The summed E-state index contributed by atoms with van der Waals surface area (Å²) in [6.45, 7) is 0. The number of nitrogens with zero attached hydrogens (tertiary/aromatic N) is 1. The molecule has 5 nitrogen and oxygen atoms in total. The minimum Gasteiger partial charge on any atom is -0.492 e. The van der Waals surface area contributed by atoms with Crippen LogP contribution in [0.5, 0.6) is 5.88 Å². The first-order valence-corrected chi connectivity index (χ1v) is 7.09. The molecule has 0 unspecified atom stereocenters. The molecule has 1 fully saturated rings. The van der Waals surface area contributed by atoms with E-state index in [1.165, 1.54) is 0 Å². The number of H-pyrrole nitrogens is 1. The van der Waals surface area contributed by atoms with Crippen LogP contribution in [0.3, 0.4) is 0 Å². The van der Waals surface area contributed by atoms with Gasteiger partial charge in [0.25, 0.3) is 5.56 Å². The normalized spacial score (nSPS) is 24.1. The first-order valence-electron chi connectivity index (χ1n) is 5.80. The SMILES string of the molecule is CSC1CCC(n2c(O)c(F)c(=O)[nH]c2=O)CC1. The van der Waals surface area contributed by atoms with E-state index in [2.05, 4.69) is 0 Å². The summed E-state index contributed by atoms with van der Waals surface area (Å²) in [6, 6.07) is -0.243. The van der Waals surface area contributed by atoms with Crippen molar-refractivity contribution in [1.82, 2.24) is 9.55 Å². The average molecular weight is 274 g/mol. The molecule has 1 aliphatic rings. The van der Waals surface area contributed by atoms with E-state index < -0.39 is 22.9 Å². The van der Waals surface area contributed by atoms with Crippen molar-refractivity contribution in [2.24, 2.45) is 0 Å². The Morgan fingerprint density at radius 1 is 1.33 bits per heavy atom. The second kappa shape index (κ2) is 5.17. The van der Waals surface area contributed by atoms with E-state index in [1.54, 1.807) is 11.8 Å². The van der Waals surface area contributed by atoms with Gasteiger partial charge >= 0.3 is 5.69 Å². The van der Waals surface area contributed by atoms with Crippen LogP contribution >= 0.6 is 11.8 Å². The molecule has 1 aliphatic carbocycles. The van der Waals surface area contributed by atoms with Crippen molar-refractivity contribution in [2.45, 2.75) is 37.0 Å². The van der Waals surface area contributed by atoms with Gasteiger partial charge in [-0.25, -0.2) is 4.79 Å². The van der Waals surface area contributed by atoms with Crippen LogP contribution in [0.1, 0.15) is 31.7 Å². The molecule has 2 N–H and O–H groups in total. The number of hydrogen-bond acceptors (Lipinski definition) is 4. The summed E-state index contributed by atoms with van der Waals surface area (Å²) in [5.41, 5.74) is -1.92. The van der Waals surface area contributed by atoms with Gasteiger partial charge in [-0.2, -0.15) is 16.2 Å². The van der Waals surface area contributed by atoms with E-state index in [0.717, 1.165) is 17.4 Å². The molecule has 0 aromatic carbocycles. The molecule has 1 aromatic rings. The first kappa shape index (κ1) is 13.2. The molecule has 2 rings (SSSR count). The monoisotopic (exact) mass is 274 g/mol. The van der Waals surface area contributed by atoms with Gasteiger partial charge in [0.2, 0.25) is 11.7 Å². The van der Waals surface area contributed by atoms with Crippen LogP contribution in [0, 0.1) is 5.82 Å². The molecule has 0 saturated heterocycles. The Balaban J connectivity index is 2.33. The van der Waals surface area contributed by atoms with Gasteiger partial charge in [-0.15, -0.1) is 0 Å². The van der Waals surface area contributed by atoms with Crippen molar-refractivity contribution in [3.63, 3.8) is 0 Å². The van der Waals surface area contributed by atoms with Crippen LogP contribution in [0.4, 0.5) is 4.39 Å². The Morgan fingerprint density at radius 2 is 1.94 bits per heavy atom.